The van der Waals surface area contributed by atoms with Gasteiger partial charge in [-0.05, 0) is 110 Å². The quantitative estimate of drug-likeness (QED) is 0.0931. The van der Waals surface area contributed by atoms with E-state index in [1.165, 1.54) is 43.8 Å². The molecule has 6 aromatic carbocycles. The Morgan fingerprint density at radius 3 is 2.13 bits per heavy atom. The third-order valence-electron chi connectivity index (χ3n) is 10.3. The van der Waals surface area contributed by atoms with Gasteiger partial charge in [-0.3, -0.25) is 9.98 Å². The lowest BCUT2D eigenvalue weighted by atomic mass is 9.86. The van der Waals surface area contributed by atoms with Crippen molar-refractivity contribution < 1.29 is 0 Å². The zero-order valence-electron chi connectivity index (χ0n) is 30.0. The maximum Gasteiger partial charge on any atom is 0.159 e. The normalized spacial score (nSPS) is 14.6. The highest BCUT2D eigenvalue weighted by Gasteiger charge is 2.18. The molecule has 0 amide bonds. The molecule has 0 radical (unpaired) electrons. The standard InChI is InChI=1S/C50H38N4/c1-34(36-15-3-2-4-16-36)54-50(53-31-35-14-11-18-37(28-35)41-21-13-27-51-32-41)40-20-12-19-39(30-40)48-43-22-6-8-24-45(43)49(46-25-9-7-23-44(46)48)42-29-38-17-5-10-26-47(38)52-33-42/h2-3,5-12,14-15,17-20,22-33H,1,4,13,16,21H2. The Morgan fingerprint density at radius 1 is 0.667 bits per heavy atom. The van der Waals surface area contributed by atoms with Gasteiger partial charge in [0.1, 0.15) is 0 Å². The van der Waals surface area contributed by atoms with Crippen LogP contribution in [0, 0.1) is 0 Å². The zero-order valence-corrected chi connectivity index (χ0v) is 30.0. The Labute approximate surface area is 315 Å². The monoisotopic (exact) mass is 694 g/mol. The van der Waals surface area contributed by atoms with Crippen molar-refractivity contribution in [2.75, 3.05) is 0 Å². The van der Waals surface area contributed by atoms with Gasteiger partial charge in [0.2, 0.25) is 0 Å². The lowest BCUT2D eigenvalue weighted by molar-refractivity contribution is 0.964. The molecule has 1 aromatic heterocycles. The van der Waals surface area contributed by atoms with Gasteiger partial charge in [0.05, 0.1) is 11.2 Å². The molecule has 0 saturated carbocycles. The summed E-state index contributed by atoms with van der Waals surface area (Å²) >= 11 is 0. The number of aliphatic imine (C=N–C) groups is 3. The summed E-state index contributed by atoms with van der Waals surface area (Å²) in [5.74, 6) is 0.622. The number of fused-ring (bicyclic) bond motifs is 3. The van der Waals surface area contributed by atoms with Gasteiger partial charge in [-0.15, -0.1) is 0 Å². The molecule has 7 aromatic rings. The Balaban J connectivity index is 1.19. The van der Waals surface area contributed by atoms with Crippen molar-refractivity contribution in [2.24, 2.45) is 15.0 Å². The summed E-state index contributed by atoms with van der Waals surface area (Å²) in [5.41, 5.74) is 11.8. The van der Waals surface area contributed by atoms with Crippen molar-refractivity contribution >= 4 is 56.3 Å². The van der Waals surface area contributed by atoms with Gasteiger partial charge in [-0.25, -0.2) is 9.98 Å². The number of aromatic nitrogens is 1. The van der Waals surface area contributed by atoms with Crippen LogP contribution in [0.25, 0.3) is 60.3 Å². The number of para-hydroxylation sites is 1. The summed E-state index contributed by atoms with van der Waals surface area (Å²) in [6.45, 7) is 4.40. The molecular weight excluding hydrogens is 657 g/mol. The topological polar surface area (TPSA) is 50.0 Å². The highest BCUT2D eigenvalue weighted by atomic mass is 14.9. The fraction of sp³-hybridized carbons (Fsp3) is 0.0800. The smallest absolute Gasteiger partial charge is 0.159 e. The van der Waals surface area contributed by atoms with E-state index in [1.54, 1.807) is 0 Å². The second-order valence-corrected chi connectivity index (χ2v) is 13.8. The number of amidine groups is 1. The molecule has 2 heterocycles. The Hall–Kier alpha value is -6.78. The lowest BCUT2D eigenvalue weighted by Gasteiger charge is -2.18. The molecule has 1 aliphatic heterocycles. The predicted octanol–water partition coefficient (Wildman–Crippen LogP) is 12.7. The van der Waals surface area contributed by atoms with E-state index in [1.807, 2.05) is 30.9 Å². The molecule has 0 unspecified atom stereocenters. The highest BCUT2D eigenvalue weighted by molar-refractivity contribution is 6.22. The Kier molecular flexibility index (Phi) is 9.00. The van der Waals surface area contributed by atoms with Gasteiger partial charge in [0.15, 0.2) is 5.84 Å². The van der Waals surface area contributed by atoms with Crippen LogP contribution in [-0.2, 0) is 0 Å². The van der Waals surface area contributed by atoms with E-state index < -0.39 is 0 Å². The summed E-state index contributed by atoms with van der Waals surface area (Å²) in [4.78, 5) is 19.5. The molecule has 4 nitrogen and oxygen atoms in total. The van der Waals surface area contributed by atoms with Crippen molar-refractivity contribution in [2.45, 2.75) is 25.7 Å². The van der Waals surface area contributed by atoms with Crippen molar-refractivity contribution in [1.29, 1.82) is 0 Å². The fourth-order valence-electron chi connectivity index (χ4n) is 7.66. The molecular formula is C50H38N4. The van der Waals surface area contributed by atoms with Crippen molar-refractivity contribution in [3.05, 3.63) is 193 Å². The largest absolute Gasteiger partial charge is 0.269 e. The van der Waals surface area contributed by atoms with Crippen molar-refractivity contribution in [3.8, 4) is 22.3 Å². The van der Waals surface area contributed by atoms with E-state index in [0.717, 1.165) is 70.1 Å². The number of benzene rings is 6. The van der Waals surface area contributed by atoms with Gasteiger partial charge < -0.3 is 0 Å². The predicted molar refractivity (Wildman–Crippen MR) is 229 cm³/mol. The van der Waals surface area contributed by atoms with Crippen LogP contribution in [0.5, 0.6) is 0 Å². The van der Waals surface area contributed by atoms with Crippen LogP contribution >= 0.6 is 0 Å². The zero-order chi connectivity index (χ0) is 36.3. The van der Waals surface area contributed by atoms with E-state index in [0.29, 0.717) is 5.84 Å². The second-order valence-electron chi connectivity index (χ2n) is 13.8. The van der Waals surface area contributed by atoms with Crippen LogP contribution in [-0.4, -0.2) is 23.2 Å². The van der Waals surface area contributed by atoms with E-state index in [-0.39, 0.29) is 0 Å². The second kappa shape index (κ2) is 14.7. The van der Waals surface area contributed by atoms with E-state index in [4.69, 9.17) is 15.0 Å². The van der Waals surface area contributed by atoms with Crippen LogP contribution in [0.3, 0.4) is 0 Å². The third kappa shape index (κ3) is 6.55. The maximum atomic E-state index is 5.12. The average Bonchev–Trinajstić information content (AvgIpc) is 3.24. The van der Waals surface area contributed by atoms with Gasteiger partial charge in [0.25, 0.3) is 0 Å². The fourth-order valence-corrected chi connectivity index (χ4v) is 7.66. The summed E-state index contributed by atoms with van der Waals surface area (Å²) in [7, 11) is 0. The number of nitrogens with zero attached hydrogens (tertiary/aromatic N) is 4. The van der Waals surface area contributed by atoms with E-state index in [2.05, 4.69) is 151 Å². The summed E-state index contributed by atoms with van der Waals surface area (Å²) < 4.78 is 0. The number of rotatable bonds is 7. The number of hydrogen-bond acceptors (Lipinski definition) is 3. The maximum absolute atomic E-state index is 5.12. The van der Waals surface area contributed by atoms with E-state index in [9.17, 15) is 0 Å². The Morgan fingerprint density at radius 2 is 1.39 bits per heavy atom. The lowest BCUT2D eigenvalue weighted by Crippen LogP contribution is -2.02. The summed E-state index contributed by atoms with van der Waals surface area (Å²) in [5, 5.41) is 5.86. The first-order valence-electron chi connectivity index (χ1n) is 18.6. The molecule has 9 rings (SSSR count). The van der Waals surface area contributed by atoms with Crippen LogP contribution in [0.4, 0.5) is 0 Å². The highest BCUT2D eigenvalue weighted by Crippen LogP contribution is 2.44. The first kappa shape index (κ1) is 33.1. The minimum Gasteiger partial charge on any atom is -0.269 e. The molecule has 0 bridgehead atoms. The van der Waals surface area contributed by atoms with Crippen LogP contribution in [0.1, 0.15) is 42.4 Å². The summed E-state index contributed by atoms with van der Waals surface area (Å²) in [6, 6.07) is 45.1. The molecule has 0 fully saturated rings. The van der Waals surface area contributed by atoms with Crippen LogP contribution < -0.4 is 0 Å². The molecule has 54 heavy (non-hydrogen) atoms. The molecule has 2 aliphatic rings. The third-order valence-corrected chi connectivity index (χ3v) is 10.3. The minimum atomic E-state index is 0.622. The molecule has 0 saturated heterocycles. The molecule has 0 atom stereocenters. The summed E-state index contributed by atoms with van der Waals surface area (Å²) in [6.07, 6.45) is 18.1. The number of hydrogen-bond donors (Lipinski definition) is 0. The minimum absolute atomic E-state index is 0.622. The van der Waals surface area contributed by atoms with Gasteiger partial charge >= 0.3 is 0 Å². The molecule has 0 spiro atoms. The van der Waals surface area contributed by atoms with Crippen LogP contribution in [0.2, 0.25) is 0 Å². The number of pyridine rings is 1. The van der Waals surface area contributed by atoms with Gasteiger partial charge in [-0.2, -0.15) is 0 Å². The first-order valence-corrected chi connectivity index (χ1v) is 18.6. The first-order chi connectivity index (χ1) is 26.7. The van der Waals surface area contributed by atoms with Gasteiger partial charge in [0, 0.05) is 41.3 Å². The number of allylic oxidation sites excluding steroid dienone is 5. The SMILES string of the molecule is C=C(N=C(N=Cc1cccc(C2=CN=CCC2)c1)c1cccc(-c2c3ccccc3c(-c3cnc4ccccc4c3)c3ccccc23)c1)C1=CC=CCC1. The molecule has 0 N–H and O–H groups in total. The molecule has 258 valence electrons. The Bertz CT molecular complexity index is 2740. The van der Waals surface area contributed by atoms with Crippen molar-refractivity contribution in [1.82, 2.24) is 4.98 Å². The van der Waals surface area contributed by atoms with Crippen LogP contribution in [0.15, 0.2) is 191 Å². The molecule has 4 heteroatoms. The van der Waals surface area contributed by atoms with Gasteiger partial charge in [-0.1, -0.05) is 128 Å². The van der Waals surface area contributed by atoms with Crippen molar-refractivity contribution in [3.63, 3.8) is 0 Å². The molecule has 1 aliphatic carbocycles. The average molecular weight is 695 g/mol. The van der Waals surface area contributed by atoms with E-state index >= 15 is 0 Å².